The summed E-state index contributed by atoms with van der Waals surface area (Å²) in [6.07, 6.45) is 0. The Labute approximate surface area is 84.5 Å². The highest BCUT2D eigenvalue weighted by molar-refractivity contribution is 6.34. The van der Waals surface area contributed by atoms with E-state index < -0.39 is 11.9 Å². The van der Waals surface area contributed by atoms with Gasteiger partial charge < -0.3 is 10.8 Å². The number of halogens is 1. The van der Waals surface area contributed by atoms with Gasteiger partial charge in [0.1, 0.15) is 5.75 Å². The van der Waals surface area contributed by atoms with Crippen molar-refractivity contribution in [3.05, 3.63) is 28.8 Å². The first-order chi connectivity index (χ1) is 6.50. The van der Waals surface area contributed by atoms with E-state index in [1.807, 2.05) is 5.32 Å². The first-order valence-corrected chi connectivity index (χ1v) is 3.98. The highest BCUT2D eigenvalue weighted by atomic mass is 35.5. The van der Waals surface area contributed by atoms with E-state index in [-0.39, 0.29) is 16.3 Å². The van der Waals surface area contributed by atoms with Gasteiger partial charge in [0.05, 0.1) is 10.6 Å². The van der Waals surface area contributed by atoms with Crippen LogP contribution in [0.15, 0.2) is 18.2 Å². The second-order valence-electron chi connectivity index (χ2n) is 2.48. The molecule has 0 heterocycles. The molecule has 5 nitrogen and oxygen atoms in total. The third-order valence-corrected chi connectivity index (χ3v) is 1.76. The van der Waals surface area contributed by atoms with Crippen LogP contribution in [0.2, 0.25) is 5.02 Å². The number of primary amides is 1. The van der Waals surface area contributed by atoms with Crippen molar-refractivity contribution in [2.75, 3.05) is 0 Å². The molecule has 1 rings (SSSR count). The zero-order valence-corrected chi connectivity index (χ0v) is 7.71. The topological polar surface area (TPSA) is 92.4 Å². The summed E-state index contributed by atoms with van der Waals surface area (Å²) < 4.78 is 0. The Morgan fingerprint density at radius 3 is 2.64 bits per heavy atom. The Morgan fingerprint density at radius 1 is 1.43 bits per heavy atom. The number of carbonyl (C=O) groups excluding carboxylic acids is 2. The largest absolute Gasteiger partial charge is 0.508 e. The van der Waals surface area contributed by atoms with E-state index in [1.165, 1.54) is 12.1 Å². The fraction of sp³-hybridized carbons (Fsp3) is 0. The zero-order chi connectivity index (χ0) is 10.7. The van der Waals surface area contributed by atoms with Gasteiger partial charge in [-0.15, -0.1) is 0 Å². The molecule has 0 atom stereocenters. The fourth-order valence-electron chi connectivity index (χ4n) is 0.866. The summed E-state index contributed by atoms with van der Waals surface area (Å²) in [4.78, 5) is 21.6. The number of aromatic hydroxyl groups is 1. The van der Waals surface area contributed by atoms with E-state index in [0.29, 0.717) is 0 Å². The maximum absolute atomic E-state index is 11.2. The third-order valence-electron chi connectivity index (χ3n) is 1.43. The van der Waals surface area contributed by atoms with Crippen molar-refractivity contribution in [1.82, 2.24) is 5.32 Å². The van der Waals surface area contributed by atoms with Crippen molar-refractivity contribution in [3.8, 4) is 5.75 Å². The molecule has 0 saturated carbocycles. The molecular weight excluding hydrogens is 208 g/mol. The average Bonchev–Trinajstić information content (AvgIpc) is 2.08. The molecule has 74 valence electrons. The van der Waals surface area contributed by atoms with E-state index >= 15 is 0 Å². The molecule has 0 saturated heterocycles. The van der Waals surface area contributed by atoms with Crippen LogP contribution in [0.1, 0.15) is 10.4 Å². The number of nitrogens with two attached hydrogens (primary N) is 1. The summed E-state index contributed by atoms with van der Waals surface area (Å²) in [6, 6.07) is 2.82. The van der Waals surface area contributed by atoms with Crippen molar-refractivity contribution < 1.29 is 14.7 Å². The zero-order valence-electron chi connectivity index (χ0n) is 6.95. The van der Waals surface area contributed by atoms with E-state index in [0.717, 1.165) is 6.07 Å². The summed E-state index contributed by atoms with van der Waals surface area (Å²) in [5.41, 5.74) is 4.73. The second-order valence-corrected chi connectivity index (χ2v) is 2.89. The standard InChI is InChI=1S/C8H7ClN2O3/c9-6-2-1-4(12)3-5(6)7(13)11-8(10)14/h1-3,12H,(H3,10,11,13,14). The summed E-state index contributed by atoms with van der Waals surface area (Å²) in [5.74, 6) is -0.873. The van der Waals surface area contributed by atoms with E-state index in [1.54, 1.807) is 0 Å². The number of nitrogens with one attached hydrogen (secondary N) is 1. The molecule has 0 aliphatic heterocycles. The number of amides is 3. The van der Waals surface area contributed by atoms with Crippen LogP contribution in [0.3, 0.4) is 0 Å². The molecule has 0 spiro atoms. The predicted molar refractivity (Wildman–Crippen MR) is 50.2 cm³/mol. The van der Waals surface area contributed by atoms with Crippen molar-refractivity contribution in [2.45, 2.75) is 0 Å². The lowest BCUT2D eigenvalue weighted by Crippen LogP contribution is -2.35. The molecule has 4 N–H and O–H groups in total. The number of rotatable bonds is 1. The predicted octanol–water partition coefficient (Wildman–Crippen LogP) is 0.854. The van der Waals surface area contributed by atoms with E-state index in [4.69, 9.17) is 22.4 Å². The molecule has 0 bridgehead atoms. The number of phenols is 1. The second kappa shape index (κ2) is 3.97. The van der Waals surface area contributed by atoms with Gasteiger partial charge in [0.25, 0.3) is 5.91 Å². The lowest BCUT2D eigenvalue weighted by Gasteiger charge is -2.03. The van der Waals surface area contributed by atoms with E-state index in [2.05, 4.69) is 0 Å². The first-order valence-electron chi connectivity index (χ1n) is 3.60. The van der Waals surface area contributed by atoms with Gasteiger partial charge in [0, 0.05) is 0 Å². The van der Waals surface area contributed by atoms with Gasteiger partial charge in [-0.25, -0.2) is 4.79 Å². The van der Waals surface area contributed by atoms with Gasteiger partial charge in [-0.1, -0.05) is 11.6 Å². The van der Waals surface area contributed by atoms with Crippen molar-refractivity contribution in [2.24, 2.45) is 5.73 Å². The molecule has 0 aromatic heterocycles. The molecule has 14 heavy (non-hydrogen) atoms. The molecule has 0 unspecified atom stereocenters. The van der Waals surface area contributed by atoms with Crippen molar-refractivity contribution in [3.63, 3.8) is 0 Å². The summed E-state index contributed by atoms with van der Waals surface area (Å²) in [7, 11) is 0. The number of imide groups is 1. The molecule has 3 amide bonds. The molecule has 6 heteroatoms. The van der Waals surface area contributed by atoms with Gasteiger partial charge in [-0.3, -0.25) is 10.1 Å². The summed E-state index contributed by atoms with van der Waals surface area (Å²) in [5, 5.41) is 11.0. The van der Waals surface area contributed by atoms with Crippen LogP contribution in [0.5, 0.6) is 5.75 Å². The van der Waals surface area contributed by atoms with Crippen LogP contribution < -0.4 is 11.1 Å². The van der Waals surface area contributed by atoms with Crippen molar-refractivity contribution >= 4 is 23.5 Å². The lowest BCUT2D eigenvalue weighted by atomic mass is 10.2. The van der Waals surface area contributed by atoms with Crippen molar-refractivity contribution in [1.29, 1.82) is 0 Å². The minimum Gasteiger partial charge on any atom is -0.508 e. The highest BCUT2D eigenvalue weighted by Gasteiger charge is 2.12. The van der Waals surface area contributed by atoms with Gasteiger partial charge in [0.2, 0.25) is 0 Å². The molecule has 1 aromatic carbocycles. The van der Waals surface area contributed by atoms with Crippen LogP contribution in [-0.4, -0.2) is 17.0 Å². The highest BCUT2D eigenvalue weighted by Crippen LogP contribution is 2.20. The van der Waals surface area contributed by atoms with Crippen LogP contribution in [0.25, 0.3) is 0 Å². The minimum atomic E-state index is -0.977. The summed E-state index contributed by atoms with van der Waals surface area (Å²) >= 11 is 5.65. The molecule has 0 aliphatic rings. The third kappa shape index (κ3) is 2.37. The average molecular weight is 215 g/mol. The van der Waals surface area contributed by atoms with Gasteiger partial charge in [-0.05, 0) is 18.2 Å². The SMILES string of the molecule is NC(=O)NC(=O)c1cc(O)ccc1Cl. The van der Waals surface area contributed by atoms with Gasteiger partial charge in [-0.2, -0.15) is 0 Å². The summed E-state index contributed by atoms with van der Waals surface area (Å²) in [6.45, 7) is 0. The first kappa shape index (κ1) is 10.3. The van der Waals surface area contributed by atoms with Gasteiger partial charge >= 0.3 is 6.03 Å². The fourth-order valence-corrected chi connectivity index (χ4v) is 1.07. The quantitative estimate of drug-likeness (QED) is 0.647. The Kier molecular flexibility index (Phi) is 2.93. The Hall–Kier alpha value is -1.75. The molecular formula is C8H7ClN2O3. The smallest absolute Gasteiger partial charge is 0.319 e. The molecule has 0 aliphatic carbocycles. The number of phenolic OH excluding ortho intramolecular Hbond substituents is 1. The van der Waals surface area contributed by atoms with Crippen LogP contribution in [-0.2, 0) is 0 Å². The Morgan fingerprint density at radius 2 is 2.07 bits per heavy atom. The number of hydrogen-bond donors (Lipinski definition) is 3. The number of carbonyl (C=O) groups is 2. The molecule has 0 radical (unpaired) electrons. The van der Waals surface area contributed by atoms with Crippen LogP contribution >= 0.6 is 11.6 Å². The molecule has 0 fully saturated rings. The minimum absolute atomic E-state index is 0.00883. The molecule has 1 aromatic rings. The van der Waals surface area contributed by atoms with E-state index in [9.17, 15) is 9.59 Å². The lowest BCUT2D eigenvalue weighted by molar-refractivity contribution is 0.0966. The van der Waals surface area contributed by atoms with Crippen LogP contribution in [0.4, 0.5) is 4.79 Å². The maximum Gasteiger partial charge on any atom is 0.319 e. The number of urea groups is 1. The maximum atomic E-state index is 11.2. The monoisotopic (exact) mass is 214 g/mol. The Balaban J connectivity index is 3.00. The Bertz CT molecular complexity index is 392. The van der Waals surface area contributed by atoms with Crippen LogP contribution in [0, 0.1) is 0 Å². The number of benzene rings is 1. The van der Waals surface area contributed by atoms with Gasteiger partial charge in [0.15, 0.2) is 0 Å². The number of hydrogen-bond acceptors (Lipinski definition) is 3. The normalized spacial score (nSPS) is 9.50.